The van der Waals surface area contributed by atoms with Crippen molar-refractivity contribution < 1.29 is 9.59 Å². The van der Waals surface area contributed by atoms with Gasteiger partial charge in [-0.2, -0.15) is 9.59 Å². The molecule has 0 aliphatic carbocycles. The van der Waals surface area contributed by atoms with Crippen LogP contribution in [0.4, 0.5) is 0 Å². The van der Waals surface area contributed by atoms with E-state index in [2.05, 4.69) is 13.8 Å². The molecule has 0 aliphatic rings. The first-order valence-electron chi connectivity index (χ1n) is 3.07. The number of rotatable bonds is 4. The van der Waals surface area contributed by atoms with Crippen LogP contribution in [0.15, 0.2) is 0 Å². The molecule has 4 heteroatoms. The van der Waals surface area contributed by atoms with Crippen LogP contribution < -0.4 is 0 Å². The number of hydrogen-bond donors (Lipinski definition) is 0. The standard InChI is InChI=1S/C5H12S2.CO2/c1-3-5-7-6-4-2;2-1-3/h3-5H2,1-2H3;. The highest BCUT2D eigenvalue weighted by Crippen LogP contribution is 2.20. The van der Waals surface area contributed by atoms with Crippen LogP contribution in [0.3, 0.4) is 0 Å². The molecule has 0 atom stereocenters. The topological polar surface area (TPSA) is 34.1 Å². The lowest BCUT2D eigenvalue weighted by molar-refractivity contribution is -0.191. The van der Waals surface area contributed by atoms with E-state index in [1.165, 1.54) is 17.9 Å². The minimum atomic E-state index is 0.250. The monoisotopic (exact) mass is 180 g/mol. The van der Waals surface area contributed by atoms with E-state index in [0.717, 1.165) is 0 Å². The Morgan fingerprint density at radius 2 is 1.70 bits per heavy atom. The fourth-order valence-corrected chi connectivity index (χ4v) is 2.03. The lowest BCUT2D eigenvalue weighted by atomic mass is 10.6. The van der Waals surface area contributed by atoms with Crippen molar-refractivity contribution in [3.8, 4) is 0 Å². The molecule has 0 rings (SSSR count). The average molecular weight is 180 g/mol. The van der Waals surface area contributed by atoms with Crippen LogP contribution in [0.2, 0.25) is 0 Å². The van der Waals surface area contributed by atoms with E-state index in [0.29, 0.717) is 0 Å². The normalized spacial score (nSPS) is 7.40. The van der Waals surface area contributed by atoms with Gasteiger partial charge < -0.3 is 0 Å². The maximum absolute atomic E-state index is 8.12. The molecule has 0 amide bonds. The first-order chi connectivity index (χ1) is 4.83. The average Bonchev–Trinajstić information content (AvgIpc) is 1.91. The van der Waals surface area contributed by atoms with Gasteiger partial charge in [-0.25, -0.2) is 0 Å². The molecule has 0 unspecified atom stereocenters. The summed E-state index contributed by atoms with van der Waals surface area (Å²) >= 11 is 0. The molecule has 0 aromatic rings. The van der Waals surface area contributed by atoms with E-state index in [-0.39, 0.29) is 6.15 Å². The van der Waals surface area contributed by atoms with Crippen molar-refractivity contribution >= 4 is 27.7 Å². The van der Waals surface area contributed by atoms with E-state index in [1.807, 2.05) is 21.6 Å². The van der Waals surface area contributed by atoms with Crippen molar-refractivity contribution in [3.05, 3.63) is 0 Å². The van der Waals surface area contributed by atoms with Crippen LogP contribution in [0.25, 0.3) is 0 Å². The highest BCUT2D eigenvalue weighted by Gasteiger charge is 1.80. The third kappa shape index (κ3) is 24.3. The zero-order valence-electron chi connectivity index (χ0n) is 6.25. The molecule has 0 heterocycles. The lowest BCUT2D eigenvalue weighted by Gasteiger charge is -1.90. The van der Waals surface area contributed by atoms with E-state index in [4.69, 9.17) is 9.59 Å². The molecule has 0 aromatic carbocycles. The molecule has 0 spiro atoms. The molecule has 2 nitrogen and oxygen atoms in total. The van der Waals surface area contributed by atoms with Crippen molar-refractivity contribution in [1.82, 2.24) is 0 Å². The SMILES string of the molecule is CCCSSCC.O=C=O. The van der Waals surface area contributed by atoms with Crippen molar-refractivity contribution in [1.29, 1.82) is 0 Å². The Hall–Kier alpha value is 0.0800. The van der Waals surface area contributed by atoms with Crippen LogP contribution in [0, 0.1) is 0 Å². The molecule has 10 heavy (non-hydrogen) atoms. The summed E-state index contributed by atoms with van der Waals surface area (Å²) < 4.78 is 0. The van der Waals surface area contributed by atoms with Gasteiger partial charge in [-0.1, -0.05) is 35.4 Å². The van der Waals surface area contributed by atoms with Crippen molar-refractivity contribution in [3.63, 3.8) is 0 Å². The summed E-state index contributed by atoms with van der Waals surface area (Å²) in [4.78, 5) is 16.2. The highest BCUT2D eigenvalue weighted by molar-refractivity contribution is 8.76. The summed E-state index contributed by atoms with van der Waals surface area (Å²) in [5.74, 6) is 2.54. The van der Waals surface area contributed by atoms with Crippen LogP contribution >= 0.6 is 21.6 Å². The summed E-state index contributed by atoms with van der Waals surface area (Å²) in [6.45, 7) is 4.40. The minimum Gasteiger partial charge on any atom is -0.186 e. The summed E-state index contributed by atoms with van der Waals surface area (Å²) in [5.41, 5.74) is 0. The number of hydrogen-bond acceptors (Lipinski definition) is 4. The maximum atomic E-state index is 8.12. The zero-order valence-corrected chi connectivity index (χ0v) is 7.89. The molecular weight excluding hydrogens is 168 g/mol. The summed E-state index contributed by atoms with van der Waals surface area (Å²) in [5, 5.41) is 0. The first kappa shape index (κ1) is 12.7. The second-order valence-electron chi connectivity index (χ2n) is 1.31. The van der Waals surface area contributed by atoms with E-state index < -0.39 is 0 Å². The molecule has 0 aromatic heterocycles. The van der Waals surface area contributed by atoms with Gasteiger partial charge in [0.25, 0.3) is 0 Å². The lowest BCUT2D eigenvalue weighted by Crippen LogP contribution is -1.67. The Morgan fingerprint density at radius 1 is 1.20 bits per heavy atom. The molecule has 0 saturated heterocycles. The molecule has 0 aliphatic heterocycles. The third-order valence-corrected chi connectivity index (χ3v) is 3.17. The van der Waals surface area contributed by atoms with Gasteiger partial charge in [0.05, 0.1) is 0 Å². The molecule has 0 saturated carbocycles. The molecular formula is C6H12O2S2. The zero-order chi connectivity index (χ0) is 8.24. The van der Waals surface area contributed by atoms with E-state index in [1.54, 1.807) is 0 Å². The van der Waals surface area contributed by atoms with Gasteiger partial charge in [0, 0.05) is 11.5 Å². The minimum absolute atomic E-state index is 0.250. The molecule has 0 fully saturated rings. The Kier molecular flexibility index (Phi) is 20.4. The highest BCUT2D eigenvalue weighted by atomic mass is 33.1. The van der Waals surface area contributed by atoms with Gasteiger partial charge in [-0.15, -0.1) is 0 Å². The molecule has 60 valence electrons. The Labute approximate surface area is 69.5 Å². The maximum Gasteiger partial charge on any atom is 0.373 e. The van der Waals surface area contributed by atoms with Gasteiger partial charge in [0.15, 0.2) is 0 Å². The van der Waals surface area contributed by atoms with Crippen molar-refractivity contribution in [2.45, 2.75) is 20.3 Å². The summed E-state index contributed by atoms with van der Waals surface area (Å²) in [6, 6.07) is 0. The second-order valence-corrected chi connectivity index (χ2v) is 4.18. The Bertz CT molecular complexity index is 75.8. The predicted octanol–water partition coefficient (Wildman–Crippen LogP) is 2.21. The Morgan fingerprint density at radius 3 is 2.00 bits per heavy atom. The van der Waals surface area contributed by atoms with Crippen molar-refractivity contribution in [2.75, 3.05) is 11.5 Å². The molecule has 0 radical (unpaired) electrons. The first-order valence-corrected chi connectivity index (χ1v) is 5.55. The molecule has 0 N–H and O–H groups in total. The van der Waals surface area contributed by atoms with Crippen LogP contribution in [-0.2, 0) is 9.59 Å². The van der Waals surface area contributed by atoms with Gasteiger partial charge >= 0.3 is 6.15 Å². The Balaban J connectivity index is 0. The second kappa shape index (κ2) is 16.0. The summed E-state index contributed by atoms with van der Waals surface area (Å²) in [6.07, 6.45) is 1.55. The number of carbonyl (C=O) groups excluding carboxylic acids is 2. The van der Waals surface area contributed by atoms with Gasteiger partial charge in [0.2, 0.25) is 0 Å². The summed E-state index contributed by atoms with van der Waals surface area (Å²) in [7, 11) is 3.92. The van der Waals surface area contributed by atoms with Gasteiger partial charge in [0.1, 0.15) is 0 Å². The van der Waals surface area contributed by atoms with Gasteiger partial charge in [-0.3, -0.25) is 0 Å². The van der Waals surface area contributed by atoms with Gasteiger partial charge in [-0.05, 0) is 6.42 Å². The smallest absolute Gasteiger partial charge is 0.186 e. The fraction of sp³-hybridized carbons (Fsp3) is 0.833. The fourth-order valence-electron chi connectivity index (χ4n) is 0.226. The van der Waals surface area contributed by atoms with Crippen molar-refractivity contribution in [2.24, 2.45) is 0 Å². The van der Waals surface area contributed by atoms with Crippen LogP contribution in [0.1, 0.15) is 20.3 Å². The molecule has 0 bridgehead atoms. The van der Waals surface area contributed by atoms with E-state index >= 15 is 0 Å². The quantitative estimate of drug-likeness (QED) is 0.490. The van der Waals surface area contributed by atoms with E-state index in [9.17, 15) is 0 Å². The van der Waals surface area contributed by atoms with Crippen LogP contribution in [-0.4, -0.2) is 17.7 Å². The largest absolute Gasteiger partial charge is 0.373 e. The third-order valence-electron chi connectivity index (χ3n) is 0.489. The van der Waals surface area contributed by atoms with Crippen LogP contribution in [0.5, 0.6) is 0 Å². The predicted molar refractivity (Wildman–Crippen MR) is 45.9 cm³/mol.